The van der Waals surface area contributed by atoms with E-state index < -0.39 is 9.85 Å². The third kappa shape index (κ3) is 4.51. The predicted molar refractivity (Wildman–Crippen MR) is 101 cm³/mol. The average molecular weight is 363 g/mol. The molecule has 0 fully saturated rings. The Balaban J connectivity index is 2.02. The summed E-state index contributed by atoms with van der Waals surface area (Å²) in [6.45, 7) is 0. The van der Waals surface area contributed by atoms with Gasteiger partial charge in [0.2, 0.25) is 0 Å². The molecule has 0 aliphatic heterocycles. The van der Waals surface area contributed by atoms with Gasteiger partial charge in [-0.25, -0.2) is 10.3 Å². The zero-order valence-corrected chi connectivity index (χ0v) is 14.0. The Morgan fingerprint density at radius 2 is 1.41 bits per heavy atom. The van der Waals surface area contributed by atoms with Gasteiger partial charge >= 0.3 is 0 Å². The lowest BCUT2D eigenvalue weighted by atomic mass is 10.2. The van der Waals surface area contributed by atoms with E-state index in [1.54, 1.807) is 24.3 Å². The first kappa shape index (κ1) is 17.7. The molecule has 27 heavy (non-hydrogen) atoms. The van der Waals surface area contributed by atoms with E-state index in [0.29, 0.717) is 17.2 Å². The SMILES string of the molecule is O=[N+]([O-])c1cccc(NC(=[NH+]c2cccc([N+](=O)[O-])c2)c2ccccc2)c1. The lowest BCUT2D eigenvalue weighted by Gasteiger charge is -2.04. The second-order valence-corrected chi connectivity index (χ2v) is 5.61. The summed E-state index contributed by atoms with van der Waals surface area (Å²) in [4.78, 5) is 24.2. The second kappa shape index (κ2) is 7.87. The molecule has 3 rings (SSSR count). The second-order valence-electron chi connectivity index (χ2n) is 5.61. The molecule has 2 N–H and O–H groups in total. The highest BCUT2D eigenvalue weighted by atomic mass is 16.6. The van der Waals surface area contributed by atoms with Gasteiger partial charge in [-0.05, 0) is 24.3 Å². The third-order valence-corrected chi connectivity index (χ3v) is 3.72. The number of nitrogens with one attached hydrogen (secondary N) is 2. The van der Waals surface area contributed by atoms with Crippen LogP contribution in [0.15, 0.2) is 78.9 Å². The van der Waals surface area contributed by atoms with Gasteiger partial charge < -0.3 is 0 Å². The molecule has 0 atom stereocenters. The van der Waals surface area contributed by atoms with Crippen molar-refractivity contribution in [3.63, 3.8) is 0 Å². The number of anilines is 1. The van der Waals surface area contributed by atoms with Crippen LogP contribution in [0.5, 0.6) is 0 Å². The summed E-state index contributed by atoms with van der Waals surface area (Å²) in [5, 5.41) is 25.1. The quantitative estimate of drug-likeness (QED) is 0.313. The van der Waals surface area contributed by atoms with E-state index in [-0.39, 0.29) is 11.4 Å². The van der Waals surface area contributed by atoms with Gasteiger partial charge in [0.25, 0.3) is 17.2 Å². The molecule has 0 heterocycles. The summed E-state index contributed by atoms with van der Waals surface area (Å²) in [6, 6.07) is 21.5. The smallest absolute Gasteiger partial charge is 0.258 e. The number of nitro benzene ring substituents is 2. The Morgan fingerprint density at radius 1 is 0.778 bits per heavy atom. The Morgan fingerprint density at radius 3 is 2.07 bits per heavy atom. The summed E-state index contributed by atoms with van der Waals surface area (Å²) < 4.78 is 0. The molecule has 0 aromatic heterocycles. The van der Waals surface area contributed by atoms with Crippen LogP contribution in [0.2, 0.25) is 0 Å². The van der Waals surface area contributed by atoms with E-state index in [1.165, 1.54) is 24.3 Å². The third-order valence-electron chi connectivity index (χ3n) is 3.72. The lowest BCUT2D eigenvalue weighted by Crippen LogP contribution is -2.68. The molecule has 0 amide bonds. The van der Waals surface area contributed by atoms with E-state index in [1.807, 2.05) is 30.3 Å². The van der Waals surface area contributed by atoms with Crippen molar-refractivity contribution in [3.05, 3.63) is 105 Å². The molecular formula is C19H15N4O4+. The summed E-state index contributed by atoms with van der Waals surface area (Å²) in [7, 11) is 0. The maximum Gasteiger partial charge on any atom is 0.285 e. The first-order valence-corrected chi connectivity index (χ1v) is 7.98. The van der Waals surface area contributed by atoms with E-state index in [4.69, 9.17) is 0 Å². The molecular weight excluding hydrogens is 348 g/mol. The van der Waals surface area contributed by atoms with Crippen LogP contribution in [0.25, 0.3) is 0 Å². The maximum atomic E-state index is 11.0. The minimum Gasteiger partial charge on any atom is -0.258 e. The molecule has 0 saturated heterocycles. The van der Waals surface area contributed by atoms with E-state index in [0.717, 1.165) is 5.56 Å². The molecule has 3 aromatic carbocycles. The number of non-ortho nitro benzene ring substituents is 2. The van der Waals surface area contributed by atoms with Gasteiger partial charge in [0, 0.05) is 12.1 Å². The molecule has 8 nitrogen and oxygen atoms in total. The van der Waals surface area contributed by atoms with Crippen LogP contribution in [-0.4, -0.2) is 15.7 Å². The van der Waals surface area contributed by atoms with Crippen LogP contribution in [0.1, 0.15) is 5.56 Å². The van der Waals surface area contributed by atoms with Crippen molar-refractivity contribution < 1.29 is 14.8 Å². The Kier molecular flexibility index (Phi) is 5.17. The monoisotopic (exact) mass is 363 g/mol. The van der Waals surface area contributed by atoms with Crippen molar-refractivity contribution in [1.82, 2.24) is 0 Å². The fourth-order valence-electron chi connectivity index (χ4n) is 2.46. The number of nitro groups is 2. The van der Waals surface area contributed by atoms with Gasteiger partial charge in [-0.1, -0.05) is 30.3 Å². The van der Waals surface area contributed by atoms with Gasteiger partial charge in [0.1, 0.15) is 11.4 Å². The molecule has 0 unspecified atom stereocenters. The average Bonchev–Trinajstić information content (AvgIpc) is 2.68. The van der Waals surface area contributed by atoms with Crippen molar-refractivity contribution in [3.8, 4) is 0 Å². The normalized spacial score (nSPS) is 11.0. The number of rotatable bonds is 5. The van der Waals surface area contributed by atoms with Crippen molar-refractivity contribution in [2.24, 2.45) is 0 Å². The Bertz CT molecular complexity index is 1020. The zero-order chi connectivity index (χ0) is 19.2. The minimum absolute atomic E-state index is 0.0391. The van der Waals surface area contributed by atoms with Crippen molar-refractivity contribution in [1.29, 1.82) is 0 Å². The van der Waals surface area contributed by atoms with Crippen molar-refractivity contribution in [2.45, 2.75) is 0 Å². The minimum atomic E-state index is -0.471. The van der Waals surface area contributed by atoms with Crippen molar-refractivity contribution >= 4 is 28.6 Å². The van der Waals surface area contributed by atoms with Crippen LogP contribution < -0.4 is 10.3 Å². The number of amidine groups is 1. The molecule has 134 valence electrons. The van der Waals surface area contributed by atoms with E-state index >= 15 is 0 Å². The molecule has 0 bridgehead atoms. The molecule has 0 aliphatic carbocycles. The topological polar surface area (TPSA) is 112 Å². The largest absolute Gasteiger partial charge is 0.285 e. The van der Waals surface area contributed by atoms with Gasteiger partial charge in [-0.15, -0.1) is 0 Å². The van der Waals surface area contributed by atoms with Gasteiger partial charge in [0.05, 0.1) is 27.5 Å². The first-order valence-electron chi connectivity index (χ1n) is 7.98. The Hall–Kier alpha value is -4.07. The van der Waals surface area contributed by atoms with Gasteiger partial charge in [0.15, 0.2) is 0 Å². The van der Waals surface area contributed by atoms with Gasteiger partial charge in [-0.3, -0.25) is 20.2 Å². The summed E-state index contributed by atoms with van der Waals surface area (Å²) in [5.41, 5.74) is 1.74. The van der Waals surface area contributed by atoms with E-state index in [9.17, 15) is 20.2 Å². The number of benzene rings is 3. The highest BCUT2D eigenvalue weighted by molar-refractivity contribution is 6.04. The molecule has 0 radical (unpaired) electrons. The zero-order valence-electron chi connectivity index (χ0n) is 14.0. The molecule has 3 aromatic rings. The maximum absolute atomic E-state index is 11.0. The van der Waals surface area contributed by atoms with E-state index in [2.05, 4.69) is 10.3 Å². The predicted octanol–water partition coefficient (Wildman–Crippen LogP) is 2.77. The molecule has 8 heteroatoms. The number of hydrogen-bond donors (Lipinski definition) is 2. The molecule has 0 saturated carbocycles. The van der Waals surface area contributed by atoms with Crippen LogP contribution in [0.4, 0.5) is 22.7 Å². The highest BCUT2D eigenvalue weighted by Crippen LogP contribution is 2.18. The Labute approximate surface area is 154 Å². The molecule has 0 aliphatic rings. The summed E-state index contributed by atoms with van der Waals surface area (Å²) in [5.74, 6) is 0.539. The standard InChI is InChI=1S/C19H14N4O4/c24-22(25)17-10-4-8-15(12-17)20-19(14-6-2-1-3-7-14)21-16-9-5-11-18(13-16)23(26)27/h1-13H,(H,20,21)/p+1. The van der Waals surface area contributed by atoms with Crippen LogP contribution in [0, 0.1) is 20.2 Å². The lowest BCUT2D eigenvalue weighted by molar-refractivity contribution is -0.387. The highest BCUT2D eigenvalue weighted by Gasteiger charge is 2.15. The fraction of sp³-hybridized carbons (Fsp3) is 0. The van der Waals surface area contributed by atoms with Crippen molar-refractivity contribution in [2.75, 3.05) is 5.32 Å². The van der Waals surface area contributed by atoms with Gasteiger partial charge in [-0.2, -0.15) is 0 Å². The number of nitrogens with zero attached hydrogens (tertiary/aromatic N) is 2. The first-order chi connectivity index (χ1) is 13.0. The fourth-order valence-corrected chi connectivity index (χ4v) is 2.46. The number of hydrogen-bond acceptors (Lipinski definition) is 4. The summed E-state index contributed by atoms with van der Waals surface area (Å²) in [6.07, 6.45) is 0. The van der Waals surface area contributed by atoms with Crippen LogP contribution in [0.3, 0.4) is 0 Å². The van der Waals surface area contributed by atoms with Crippen LogP contribution in [-0.2, 0) is 0 Å². The van der Waals surface area contributed by atoms with Crippen LogP contribution >= 0.6 is 0 Å². The summed E-state index contributed by atoms with van der Waals surface area (Å²) >= 11 is 0. The molecule has 0 spiro atoms.